The Morgan fingerprint density at radius 1 is 1.44 bits per heavy atom. The maximum absolute atomic E-state index is 10.8. The molecule has 1 aromatic carbocycles. The van der Waals surface area contributed by atoms with Crippen molar-refractivity contribution in [3.8, 4) is 5.75 Å². The first-order valence-electron chi connectivity index (χ1n) is 4.64. The number of nitrogens with two attached hydrogens (primary N) is 2. The van der Waals surface area contributed by atoms with E-state index in [-0.39, 0.29) is 28.1 Å². The number of primary amides is 1. The van der Waals surface area contributed by atoms with Crippen LogP contribution in [0.1, 0.15) is 0 Å². The lowest BCUT2D eigenvalue weighted by Gasteiger charge is -2.10. The first-order valence-corrected chi connectivity index (χ1v) is 5.39. The van der Waals surface area contributed by atoms with E-state index in [0.717, 1.165) is 6.07 Å². The molecule has 0 aromatic heterocycles. The number of carbonyl (C=O) groups is 1. The molecule has 0 aliphatic rings. The molecule has 98 valence electrons. The maximum atomic E-state index is 10.8. The average Bonchev–Trinajstić information content (AvgIpc) is 2.29. The van der Waals surface area contributed by atoms with Crippen molar-refractivity contribution in [2.45, 2.75) is 6.04 Å². The van der Waals surface area contributed by atoms with Gasteiger partial charge in [-0.2, -0.15) is 0 Å². The van der Waals surface area contributed by atoms with Crippen molar-refractivity contribution in [1.29, 1.82) is 0 Å². The lowest BCUT2D eigenvalue weighted by molar-refractivity contribution is -0.385. The van der Waals surface area contributed by atoms with Crippen LogP contribution >= 0.6 is 23.2 Å². The number of nitro groups is 1. The number of ether oxygens (including phenoxy) is 1. The minimum Gasteiger partial charge on any atom is -0.485 e. The smallest absolute Gasteiger partial charge is 0.312 e. The monoisotopic (exact) mass is 293 g/mol. The van der Waals surface area contributed by atoms with Crippen LogP contribution in [0.15, 0.2) is 12.1 Å². The van der Waals surface area contributed by atoms with Gasteiger partial charge in [-0.1, -0.05) is 23.2 Å². The molecular weight excluding hydrogens is 285 g/mol. The topological polar surface area (TPSA) is 121 Å². The molecule has 7 nitrogen and oxygen atoms in total. The highest BCUT2D eigenvalue weighted by atomic mass is 35.5. The SMILES string of the molecule is NC(=O)C(N)COc1cc(Cl)c(Cl)cc1[N+](=O)[O-]. The van der Waals surface area contributed by atoms with E-state index in [0.29, 0.717) is 0 Å². The van der Waals surface area contributed by atoms with E-state index >= 15 is 0 Å². The third-order valence-corrected chi connectivity index (χ3v) is 2.70. The van der Waals surface area contributed by atoms with Crippen LogP contribution in [0.25, 0.3) is 0 Å². The van der Waals surface area contributed by atoms with Crippen molar-refractivity contribution in [3.05, 3.63) is 32.3 Å². The van der Waals surface area contributed by atoms with Crippen molar-refractivity contribution in [2.75, 3.05) is 6.61 Å². The van der Waals surface area contributed by atoms with Crippen molar-refractivity contribution in [1.82, 2.24) is 0 Å². The van der Waals surface area contributed by atoms with Gasteiger partial charge in [0.1, 0.15) is 12.6 Å². The highest BCUT2D eigenvalue weighted by molar-refractivity contribution is 6.42. The summed E-state index contributed by atoms with van der Waals surface area (Å²) in [6.07, 6.45) is 0. The summed E-state index contributed by atoms with van der Waals surface area (Å²) in [5.74, 6) is -0.913. The zero-order valence-corrected chi connectivity index (χ0v) is 10.4. The fourth-order valence-electron chi connectivity index (χ4n) is 1.04. The molecule has 0 heterocycles. The number of halogens is 2. The highest BCUT2D eigenvalue weighted by Gasteiger charge is 2.20. The Bertz CT molecular complexity index is 495. The van der Waals surface area contributed by atoms with Gasteiger partial charge in [0, 0.05) is 12.1 Å². The van der Waals surface area contributed by atoms with Gasteiger partial charge in [-0.25, -0.2) is 0 Å². The Kier molecular flexibility index (Phi) is 4.71. The van der Waals surface area contributed by atoms with Crippen molar-refractivity contribution < 1.29 is 14.5 Å². The van der Waals surface area contributed by atoms with Crippen LogP contribution in [0.3, 0.4) is 0 Å². The summed E-state index contributed by atoms with van der Waals surface area (Å²) < 4.78 is 5.05. The Morgan fingerprint density at radius 2 is 2.00 bits per heavy atom. The first kappa shape index (κ1) is 14.5. The van der Waals surface area contributed by atoms with Gasteiger partial charge in [0.15, 0.2) is 5.75 Å². The second-order valence-corrected chi connectivity index (χ2v) is 4.13. The maximum Gasteiger partial charge on any atom is 0.312 e. The van der Waals surface area contributed by atoms with Gasteiger partial charge in [0.2, 0.25) is 5.91 Å². The van der Waals surface area contributed by atoms with Crippen LogP contribution in [-0.4, -0.2) is 23.5 Å². The van der Waals surface area contributed by atoms with Gasteiger partial charge < -0.3 is 16.2 Å². The molecule has 1 aromatic rings. The van der Waals surface area contributed by atoms with Gasteiger partial charge in [0.25, 0.3) is 0 Å². The fraction of sp³-hybridized carbons (Fsp3) is 0.222. The zero-order chi connectivity index (χ0) is 13.9. The molecule has 1 amide bonds. The molecular formula is C9H9Cl2N3O4. The molecule has 1 atom stereocenters. The Labute approximate surface area is 112 Å². The standard InChI is InChI=1S/C9H9Cl2N3O4/c10-4-1-7(14(16)17)8(2-5(4)11)18-3-6(12)9(13)15/h1-2,6H,3,12H2,(H2,13,15). The van der Waals surface area contributed by atoms with Crippen molar-refractivity contribution in [2.24, 2.45) is 11.5 Å². The molecule has 1 unspecified atom stereocenters. The lowest BCUT2D eigenvalue weighted by Crippen LogP contribution is -2.41. The summed E-state index contributed by atoms with van der Waals surface area (Å²) in [7, 11) is 0. The largest absolute Gasteiger partial charge is 0.485 e. The van der Waals surface area contributed by atoms with Gasteiger partial charge in [-0.15, -0.1) is 0 Å². The molecule has 0 radical (unpaired) electrons. The molecule has 0 bridgehead atoms. The number of amides is 1. The number of benzene rings is 1. The highest BCUT2D eigenvalue weighted by Crippen LogP contribution is 2.35. The molecule has 0 fully saturated rings. The number of nitro benzene ring substituents is 1. The third kappa shape index (κ3) is 3.46. The Hall–Kier alpha value is -1.57. The lowest BCUT2D eigenvalue weighted by atomic mass is 10.3. The van der Waals surface area contributed by atoms with Crippen LogP contribution < -0.4 is 16.2 Å². The molecule has 1 rings (SSSR count). The summed E-state index contributed by atoms with van der Waals surface area (Å²) in [4.78, 5) is 20.8. The molecule has 9 heteroatoms. The number of rotatable bonds is 5. The van der Waals surface area contributed by atoms with Gasteiger partial charge in [0.05, 0.1) is 15.0 Å². The molecule has 0 saturated heterocycles. The third-order valence-electron chi connectivity index (χ3n) is 1.98. The van der Waals surface area contributed by atoms with E-state index in [1.807, 2.05) is 0 Å². The minimum atomic E-state index is -1.07. The second-order valence-electron chi connectivity index (χ2n) is 3.31. The summed E-state index contributed by atoms with van der Waals surface area (Å²) in [6.45, 7) is -0.297. The Morgan fingerprint density at radius 3 is 2.50 bits per heavy atom. The zero-order valence-electron chi connectivity index (χ0n) is 8.93. The second kappa shape index (κ2) is 5.85. The van der Waals surface area contributed by atoms with E-state index in [1.54, 1.807) is 0 Å². The molecule has 4 N–H and O–H groups in total. The molecule has 0 saturated carbocycles. The summed E-state index contributed by atoms with van der Waals surface area (Å²) in [5.41, 5.74) is 9.88. The van der Waals surface area contributed by atoms with Crippen LogP contribution in [0.4, 0.5) is 5.69 Å². The molecule has 18 heavy (non-hydrogen) atoms. The summed E-state index contributed by atoms with van der Waals surface area (Å²) in [5, 5.41) is 10.9. The van der Waals surface area contributed by atoms with E-state index in [1.165, 1.54) is 6.07 Å². The van der Waals surface area contributed by atoms with Crippen molar-refractivity contribution >= 4 is 34.8 Å². The van der Waals surface area contributed by atoms with Gasteiger partial charge >= 0.3 is 5.69 Å². The molecule has 0 spiro atoms. The van der Waals surface area contributed by atoms with E-state index < -0.39 is 16.9 Å². The van der Waals surface area contributed by atoms with E-state index in [9.17, 15) is 14.9 Å². The van der Waals surface area contributed by atoms with E-state index in [2.05, 4.69) is 0 Å². The number of carbonyl (C=O) groups excluding carboxylic acids is 1. The van der Waals surface area contributed by atoms with Crippen LogP contribution in [-0.2, 0) is 4.79 Å². The molecule has 0 aliphatic carbocycles. The van der Waals surface area contributed by atoms with Crippen LogP contribution in [0, 0.1) is 10.1 Å². The predicted molar refractivity (Wildman–Crippen MR) is 65.8 cm³/mol. The average molecular weight is 294 g/mol. The number of hydrogen-bond donors (Lipinski definition) is 2. The van der Waals surface area contributed by atoms with E-state index in [4.69, 9.17) is 39.4 Å². The van der Waals surface area contributed by atoms with Gasteiger partial charge in [-0.3, -0.25) is 14.9 Å². The first-order chi connectivity index (χ1) is 8.32. The molecule has 0 aliphatic heterocycles. The van der Waals surface area contributed by atoms with Gasteiger partial charge in [-0.05, 0) is 0 Å². The Balaban J connectivity index is 2.97. The quantitative estimate of drug-likeness (QED) is 0.622. The predicted octanol–water partition coefficient (Wildman–Crippen LogP) is 1.09. The minimum absolute atomic E-state index is 0.0231. The number of hydrogen-bond acceptors (Lipinski definition) is 5. The van der Waals surface area contributed by atoms with Crippen LogP contribution in [0.2, 0.25) is 10.0 Å². The summed E-state index contributed by atoms with van der Waals surface area (Å²) in [6, 6.07) is 1.16. The number of nitrogens with zero attached hydrogens (tertiary/aromatic N) is 1. The van der Waals surface area contributed by atoms with Crippen LogP contribution in [0.5, 0.6) is 5.75 Å². The van der Waals surface area contributed by atoms with Crippen molar-refractivity contribution in [3.63, 3.8) is 0 Å². The summed E-state index contributed by atoms with van der Waals surface area (Å²) >= 11 is 11.4. The fourth-order valence-corrected chi connectivity index (χ4v) is 1.35. The normalized spacial score (nSPS) is 11.9.